The molecule has 2 heterocycles. The van der Waals surface area contributed by atoms with Gasteiger partial charge in [-0.05, 0) is 67.5 Å². The van der Waals surface area contributed by atoms with E-state index in [4.69, 9.17) is 16.6 Å². The number of benzene rings is 1. The Hall–Kier alpha value is -1.92. The molecule has 1 saturated heterocycles. The molecule has 0 radical (unpaired) electrons. The van der Waals surface area contributed by atoms with E-state index in [2.05, 4.69) is 0 Å². The summed E-state index contributed by atoms with van der Waals surface area (Å²) in [4.78, 5) is 15.4. The van der Waals surface area contributed by atoms with E-state index in [1.807, 2.05) is 17.0 Å². The van der Waals surface area contributed by atoms with Gasteiger partial charge in [0.1, 0.15) is 21.7 Å². The van der Waals surface area contributed by atoms with Crippen LogP contribution < -0.4 is 0 Å². The molecule has 0 N–H and O–H groups in total. The van der Waals surface area contributed by atoms with E-state index in [1.54, 1.807) is 18.2 Å². The Morgan fingerprint density at radius 1 is 1.15 bits per heavy atom. The van der Waals surface area contributed by atoms with Crippen molar-refractivity contribution >= 4 is 40.3 Å². The van der Waals surface area contributed by atoms with Crippen molar-refractivity contribution in [3.8, 4) is 11.3 Å². The number of hydrogen-bond donors (Lipinski definition) is 0. The minimum absolute atomic E-state index is 0.00211. The van der Waals surface area contributed by atoms with Gasteiger partial charge in [-0.1, -0.05) is 30.4 Å². The fraction of sp³-hybridized carbons (Fsp3) is 0.333. The first-order chi connectivity index (χ1) is 13.1. The van der Waals surface area contributed by atoms with Crippen molar-refractivity contribution in [3.63, 3.8) is 0 Å². The molecular formula is C21H18FNO2S2. The first-order valence-corrected chi connectivity index (χ1v) is 10.4. The van der Waals surface area contributed by atoms with Crippen molar-refractivity contribution < 1.29 is 13.6 Å². The van der Waals surface area contributed by atoms with Crippen molar-refractivity contribution in [1.82, 2.24) is 4.90 Å². The molecule has 5 rings (SSSR count). The minimum atomic E-state index is -0.283. The third kappa shape index (κ3) is 3.05. The molecule has 27 heavy (non-hydrogen) atoms. The van der Waals surface area contributed by atoms with Crippen LogP contribution in [-0.2, 0) is 4.79 Å². The fourth-order valence-corrected chi connectivity index (χ4v) is 5.98. The van der Waals surface area contributed by atoms with Crippen LogP contribution >= 0.6 is 24.0 Å². The number of nitrogens with zero attached hydrogens (tertiary/aromatic N) is 1. The molecule has 3 aliphatic rings. The predicted octanol–water partition coefficient (Wildman–Crippen LogP) is 5.48. The second-order valence-electron chi connectivity index (χ2n) is 7.50. The molecule has 1 amide bonds. The van der Waals surface area contributed by atoms with Gasteiger partial charge in [0.15, 0.2) is 0 Å². The van der Waals surface area contributed by atoms with Crippen molar-refractivity contribution in [2.45, 2.75) is 31.7 Å². The van der Waals surface area contributed by atoms with Crippen LogP contribution in [0.25, 0.3) is 17.4 Å². The van der Waals surface area contributed by atoms with Crippen LogP contribution in [0, 0.1) is 17.7 Å². The lowest BCUT2D eigenvalue weighted by atomic mass is 9.94. The maximum absolute atomic E-state index is 13.1. The molecule has 3 atom stereocenters. The third-order valence-corrected chi connectivity index (χ3v) is 7.22. The zero-order valence-electron chi connectivity index (χ0n) is 14.6. The monoisotopic (exact) mass is 399 g/mol. The average Bonchev–Trinajstić information content (AvgIpc) is 3.42. The van der Waals surface area contributed by atoms with Crippen LogP contribution in [0.5, 0.6) is 0 Å². The van der Waals surface area contributed by atoms with Crippen molar-refractivity contribution in [1.29, 1.82) is 0 Å². The molecule has 2 saturated carbocycles. The van der Waals surface area contributed by atoms with Gasteiger partial charge in [-0.15, -0.1) is 0 Å². The molecule has 6 heteroatoms. The molecule has 3 unspecified atom stereocenters. The zero-order chi connectivity index (χ0) is 18.5. The molecule has 0 spiro atoms. The Labute approximate surface area is 166 Å². The van der Waals surface area contributed by atoms with E-state index < -0.39 is 0 Å². The molecule has 2 aliphatic carbocycles. The zero-order valence-corrected chi connectivity index (χ0v) is 16.2. The first kappa shape index (κ1) is 17.2. The van der Waals surface area contributed by atoms with Gasteiger partial charge in [0.25, 0.3) is 5.91 Å². The number of fused-ring (bicyclic) bond motifs is 2. The highest BCUT2D eigenvalue weighted by Crippen LogP contribution is 2.49. The number of thioether (sulfide) groups is 1. The summed E-state index contributed by atoms with van der Waals surface area (Å²) in [5.74, 6) is 2.33. The molecule has 1 aromatic heterocycles. The molecule has 138 valence electrons. The Kier molecular flexibility index (Phi) is 4.20. The Balaban J connectivity index is 1.37. The van der Waals surface area contributed by atoms with Crippen LogP contribution in [0.1, 0.15) is 31.4 Å². The molecule has 2 aromatic rings. The number of hydrogen-bond acceptors (Lipinski definition) is 4. The highest BCUT2D eigenvalue weighted by atomic mass is 32.2. The van der Waals surface area contributed by atoms with Crippen LogP contribution in [-0.4, -0.2) is 21.2 Å². The van der Waals surface area contributed by atoms with E-state index in [0.717, 1.165) is 17.9 Å². The van der Waals surface area contributed by atoms with Crippen LogP contribution in [0.15, 0.2) is 45.7 Å². The molecule has 1 aliphatic heterocycles. The number of thiocarbonyl (C=S) groups is 1. The second-order valence-corrected chi connectivity index (χ2v) is 9.18. The number of carbonyl (C=O) groups excluding carboxylic acids is 1. The number of rotatable bonds is 3. The third-order valence-electron chi connectivity index (χ3n) is 5.88. The normalized spacial score (nSPS) is 28.7. The number of carbonyl (C=O) groups is 1. The summed E-state index contributed by atoms with van der Waals surface area (Å²) < 4.78 is 19.6. The van der Waals surface area contributed by atoms with E-state index >= 15 is 0 Å². The van der Waals surface area contributed by atoms with Gasteiger partial charge in [0.05, 0.1) is 4.91 Å². The SMILES string of the molecule is O=C1/C(=C/c2ccc(-c3ccc(F)cc3)o2)SC(=S)N1C1CC2CCC1C2. The Morgan fingerprint density at radius 3 is 2.67 bits per heavy atom. The number of amides is 1. The van der Waals surface area contributed by atoms with Gasteiger partial charge in [-0.3, -0.25) is 9.69 Å². The summed E-state index contributed by atoms with van der Waals surface area (Å²) in [5.41, 5.74) is 0.797. The lowest BCUT2D eigenvalue weighted by Gasteiger charge is -2.30. The van der Waals surface area contributed by atoms with E-state index in [-0.39, 0.29) is 17.8 Å². The maximum atomic E-state index is 13.1. The highest BCUT2D eigenvalue weighted by Gasteiger charge is 2.47. The van der Waals surface area contributed by atoms with Crippen LogP contribution in [0.4, 0.5) is 4.39 Å². The molecule has 2 bridgehead atoms. The quantitative estimate of drug-likeness (QED) is 0.506. The summed E-state index contributed by atoms with van der Waals surface area (Å²) in [6.45, 7) is 0. The van der Waals surface area contributed by atoms with Gasteiger partial charge in [0.2, 0.25) is 0 Å². The summed E-state index contributed by atoms with van der Waals surface area (Å²) in [6.07, 6.45) is 6.59. The maximum Gasteiger partial charge on any atom is 0.266 e. The van der Waals surface area contributed by atoms with Crippen LogP contribution in [0.2, 0.25) is 0 Å². The average molecular weight is 400 g/mol. The van der Waals surface area contributed by atoms with E-state index in [1.165, 1.54) is 43.2 Å². The number of furan rings is 1. The predicted molar refractivity (Wildman–Crippen MR) is 108 cm³/mol. The standard InChI is InChI=1S/C21H18FNO2S2/c22-15-5-3-13(4-6-15)18-8-7-16(25-18)11-19-20(24)23(21(26)27-19)17-10-12-1-2-14(17)9-12/h3-8,11-12,14,17H,1-2,9-10H2/b19-11-. The Morgan fingerprint density at radius 2 is 1.96 bits per heavy atom. The minimum Gasteiger partial charge on any atom is -0.457 e. The van der Waals surface area contributed by atoms with Crippen molar-refractivity contribution in [3.05, 3.63) is 52.9 Å². The smallest absolute Gasteiger partial charge is 0.266 e. The second kappa shape index (κ2) is 6.60. The van der Waals surface area contributed by atoms with Gasteiger partial charge in [-0.25, -0.2) is 4.39 Å². The molecule has 3 nitrogen and oxygen atoms in total. The van der Waals surface area contributed by atoms with Gasteiger partial charge in [-0.2, -0.15) is 0 Å². The van der Waals surface area contributed by atoms with E-state index in [0.29, 0.717) is 26.7 Å². The lowest BCUT2D eigenvalue weighted by molar-refractivity contribution is -0.124. The summed E-state index contributed by atoms with van der Waals surface area (Å²) in [5, 5.41) is 0. The van der Waals surface area contributed by atoms with Gasteiger partial charge in [0, 0.05) is 17.7 Å². The molecule has 3 fully saturated rings. The van der Waals surface area contributed by atoms with Crippen molar-refractivity contribution in [2.75, 3.05) is 0 Å². The number of halogens is 1. The largest absolute Gasteiger partial charge is 0.457 e. The van der Waals surface area contributed by atoms with E-state index in [9.17, 15) is 9.18 Å². The van der Waals surface area contributed by atoms with Gasteiger partial charge >= 0.3 is 0 Å². The topological polar surface area (TPSA) is 33.5 Å². The van der Waals surface area contributed by atoms with Gasteiger partial charge < -0.3 is 4.42 Å². The summed E-state index contributed by atoms with van der Waals surface area (Å²) in [6, 6.07) is 10.1. The summed E-state index contributed by atoms with van der Waals surface area (Å²) >= 11 is 6.88. The van der Waals surface area contributed by atoms with Crippen LogP contribution in [0.3, 0.4) is 0 Å². The van der Waals surface area contributed by atoms with Crippen molar-refractivity contribution in [2.24, 2.45) is 11.8 Å². The molecular weight excluding hydrogens is 381 g/mol. The first-order valence-electron chi connectivity index (χ1n) is 9.21. The highest BCUT2D eigenvalue weighted by molar-refractivity contribution is 8.26. The summed E-state index contributed by atoms with van der Waals surface area (Å²) in [7, 11) is 0. The Bertz CT molecular complexity index is 949. The fourth-order valence-electron chi connectivity index (χ4n) is 4.62. The molecule has 1 aromatic carbocycles. The lowest BCUT2D eigenvalue weighted by Crippen LogP contribution is -2.41.